The molecule has 0 saturated carbocycles. The zero-order chi connectivity index (χ0) is 14.5. The maximum atomic E-state index is 11.5. The molecule has 0 radical (unpaired) electrons. The van der Waals surface area contributed by atoms with Gasteiger partial charge in [-0.15, -0.1) is 0 Å². The molecule has 0 saturated heterocycles. The minimum Gasteiger partial charge on any atom is -0.355 e. The van der Waals surface area contributed by atoms with Gasteiger partial charge in [0.15, 0.2) is 17.2 Å². The van der Waals surface area contributed by atoms with E-state index >= 15 is 0 Å². The number of rotatable bonds is 6. The quantitative estimate of drug-likeness (QED) is 0.785. The molecule has 106 valence electrons. The van der Waals surface area contributed by atoms with E-state index in [-0.39, 0.29) is 12.5 Å². The maximum Gasteiger partial charge on any atom is 0.241 e. The first kappa shape index (κ1) is 14.2. The van der Waals surface area contributed by atoms with Crippen LogP contribution in [0.2, 0.25) is 0 Å². The lowest BCUT2D eigenvalue weighted by atomic mass is 10.4. The SMILES string of the molecule is CCNC(=O)Cn1cc(C)c(Nc2ncc(C=O)s2)n1. The van der Waals surface area contributed by atoms with Crippen LogP contribution in [-0.4, -0.2) is 33.5 Å². The number of aldehydes is 1. The van der Waals surface area contributed by atoms with Crippen LogP contribution >= 0.6 is 11.3 Å². The van der Waals surface area contributed by atoms with Crippen LogP contribution in [0.5, 0.6) is 0 Å². The van der Waals surface area contributed by atoms with Crippen molar-refractivity contribution in [3.8, 4) is 0 Å². The van der Waals surface area contributed by atoms with Crippen molar-refractivity contribution < 1.29 is 9.59 Å². The Kier molecular flexibility index (Phi) is 4.46. The first-order valence-corrected chi connectivity index (χ1v) is 6.92. The molecular weight excluding hydrogens is 278 g/mol. The number of hydrogen-bond acceptors (Lipinski definition) is 6. The van der Waals surface area contributed by atoms with E-state index in [9.17, 15) is 9.59 Å². The summed E-state index contributed by atoms with van der Waals surface area (Å²) in [6.45, 7) is 4.52. The highest BCUT2D eigenvalue weighted by Crippen LogP contribution is 2.22. The second kappa shape index (κ2) is 6.29. The number of amides is 1. The van der Waals surface area contributed by atoms with Crippen LogP contribution in [0.15, 0.2) is 12.4 Å². The predicted octanol–water partition coefficient (Wildman–Crippen LogP) is 1.34. The lowest BCUT2D eigenvalue weighted by molar-refractivity contribution is -0.121. The molecule has 0 bridgehead atoms. The van der Waals surface area contributed by atoms with Gasteiger partial charge in [0.2, 0.25) is 5.91 Å². The minimum absolute atomic E-state index is 0.0842. The number of aryl methyl sites for hydroxylation is 1. The average Bonchev–Trinajstić information content (AvgIpc) is 2.98. The molecule has 0 aliphatic carbocycles. The highest BCUT2D eigenvalue weighted by atomic mass is 32.1. The lowest BCUT2D eigenvalue weighted by Gasteiger charge is -2.01. The second-order valence-electron chi connectivity index (χ2n) is 4.12. The Morgan fingerprint density at radius 3 is 3.00 bits per heavy atom. The summed E-state index contributed by atoms with van der Waals surface area (Å²) in [6, 6.07) is 0. The third kappa shape index (κ3) is 3.41. The highest BCUT2D eigenvalue weighted by molar-refractivity contribution is 7.17. The van der Waals surface area contributed by atoms with Crippen molar-refractivity contribution in [1.29, 1.82) is 0 Å². The van der Waals surface area contributed by atoms with Crippen LogP contribution < -0.4 is 10.6 Å². The molecule has 0 aliphatic heterocycles. The van der Waals surface area contributed by atoms with Crippen molar-refractivity contribution in [2.75, 3.05) is 11.9 Å². The number of thiazole rings is 1. The van der Waals surface area contributed by atoms with Gasteiger partial charge in [-0.05, 0) is 13.8 Å². The molecule has 0 atom stereocenters. The highest BCUT2D eigenvalue weighted by Gasteiger charge is 2.10. The van der Waals surface area contributed by atoms with E-state index in [1.165, 1.54) is 17.5 Å². The van der Waals surface area contributed by atoms with Crippen LogP contribution in [0.3, 0.4) is 0 Å². The molecule has 0 unspecified atom stereocenters. The van der Waals surface area contributed by atoms with Gasteiger partial charge in [-0.2, -0.15) is 5.10 Å². The van der Waals surface area contributed by atoms with Gasteiger partial charge >= 0.3 is 0 Å². The average molecular weight is 293 g/mol. The molecule has 0 aromatic carbocycles. The van der Waals surface area contributed by atoms with Gasteiger partial charge in [0.1, 0.15) is 6.54 Å². The third-order valence-corrected chi connectivity index (χ3v) is 3.33. The van der Waals surface area contributed by atoms with E-state index in [0.717, 1.165) is 11.8 Å². The summed E-state index contributed by atoms with van der Waals surface area (Å²) in [4.78, 5) is 26.7. The van der Waals surface area contributed by atoms with E-state index < -0.39 is 0 Å². The Hall–Kier alpha value is -2.22. The van der Waals surface area contributed by atoms with Gasteiger partial charge in [-0.3, -0.25) is 14.3 Å². The molecule has 0 aliphatic rings. The molecule has 2 aromatic heterocycles. The zero-order valence-corrected chi connectivity index (χ0v) is 12.0. The van der Waals surface area contributed by atoms with Crippen LogP contribution in [-0.2, 0) is 11.3 Å². The monoisotopic (exact) mass is 293 g/mol. The Bertz CT molecular complexity index is 619. The number of aromatic nitrogens is 3. The molecule has 2 aromatic rings. The van der Waals surface area contributed by atoms with Crippen LogP contribution in [0.25, 0.3) is 0 Å². The predicted molar refractivity (Wildman–Crippen MR) is 76.4 cm³/mol. The largest absolute Gasteiger partial charge is 0.355 e. The Morgan fingerprint density at radius 2 is 2.35 bits per heavy atom. The van der Waals surface area contributed by atoms with Gasteiger partial charge in [0, 0.05) is 18.3 Å². The molecule has 20 heavy (non-hydrogen) atoms. The van der Waals surface area contributed by atoms with E-state index in [1.807, 2.05) is 13.8 Å². The molecule has 1 amide bonds. The molecule has 2 N–H and O–H groups in total. The van der Waals surface area contributed by atoms with E-state index in [4.69, 9.17) is 0 Å². The number of carbonyl (C=O) groups is 2. The number of anilines is 2. The minimum atomic E-state index is -0.0842. The standard InChI is InChI=1S/C12H15N5O2S/c1-3-13-10(19)6-17-5-8(2)11(16-17)15-12-14-4-9(7-18)20-12/h4-5,7H,3,6H2,1-2H3,(H,13,19)(H,14,15,16). The maximum absolute atomic E-state index is 11.5. The number of hydrogen-bond donors (Lipinski definition) is 2. The summed E-state index contributed by atoms with van der Waals surface area (Å²) in [7, 11) is 0. The van der Waals surface area contributed by atoms with Gasteiger partial charge in [0.25, 0.3) is 0 Å². The molecular formula is C12H15N5O2S. The fraction of sp³-hybridized carbons (Fsp3) is 0.333. The van der Waals surface area contributed by atoms with E-state index in [2.05, 4.69) is 20.7 Å². The molecule has 7 nitrogen and oxygen atoms in total. The second-order valence-corrected chi connectivity index (χ2v) is 5.18. The summed E-state index contributed by atoms with van der Waals surface area (Å²) < 4.78 is 1.57. The number of nitrogens with one attached hydrogen (secondary N) is 2. The summed E-state index contributed by atoms with van der Waals surface area (Å²) in [5.41, 5.74) is 0.900. The van der Waals surface area contributed by atoms with Gasteiger partial charge in [-0.25, -0.2) is 4.98 Å². The molecule has 2 heterocycles. The summed E-state index contributed by atoms with van der Waals surface area (Å²) in [5.74, 6) is 0.542. The van der Waals surface area contributed by atoms with Gasteiger partial charge in [-0.1, -0.05) is 11.3 Å². The van der Waals surface area contributed by atoms with Gasteiger partial charge < -0.3 is 10.6 Å². The van der Waals surface area contributed by atoms with Crippen molar-refractivity contribution in [1.82, 2.24) is 20.1 Å². The van der Waals surface area contributed by atoms with Crippen molar-refractivity contribution >= 4 is 34.5 Å². The molecule has 0 spiro atoms. The Labute approximate surface area is 120 Å². The summed E-state index contributed by atoms with van der Waals surface area (Å²) in [5, 5.41) is 10.6. The molecule has 0 fully saturated rings. The Balaban J connectivity index is 2.07. The Morgan fingerprint density at radius 1 is 1.55 bits per heavy atom. The van der Waals surface area contributed by atoms with E-state index in [1.54, 1.807) is 10.9 Å². The fourth-order valence-electron chi connectivity index (χ4n) is 1.63. The number of carbonyl (C=O) groups excluding carboxylic acids is 2. The number of nitrogens with zero attached hydrogens (tertiary/aromatic N) is 3. The normalized spacial score (nSPS) is 10.3. The third-order valence-electron chi connectivity index (χ3n) is 2.49. The lowest BCUT2D eigenvalue weighted by Crippen LogP contribution is -2.27. The van der Waals surface area contributed by atoms with Crippen molar-refractivity contribution in [3.05, 3.63) is 22.8 Å². The van der Waals surface area contributed by atoms with Crippen molar-refractivity contribution in [3.63, 3.8) is 0 Å². The first-order valence-electron chi connectivity index (χ1n) is 6.11. The van der Waals surface area contributed by atoms with Crippen molar-refractivity contribution in [2.45, 2.75) is 20.4 Å². The first-order chi connectivity index (χ1) is 9.62. The molecule has 2 rings (SSSR count). The smallest absolute Gasteiger partial charge is 0.241 e. The topological polar surface area (TPSA) is 88.9 Å². The van der Waals surface area contributed by atoms with Crippen molar-refractivity contribution in [2.24, 2.45) is 0 Å². The number of likely N-dealkylation sites (N-methyl/N-ethyl adjacent to an activating group) is 1. The zero-order valence-electron chi connectivity index (χ0n) is 11.2. The summed E-state index contributed by atoms with van der Waals surface area (Å²) >= 11 is 1.25. The summed E-state index contributed by atoms with van der Waals surface area (Å²) in [6.07, 6.45) is 4.04. The van der Waals surface area contributed by atoms with Crippen LogP contribution in [0.1, 0.15) is 22.2 Å². The van der Waals surface area contributed by atoms with E-state index in [0.29, 0.717) is 22.4 Å². The van der Waals surface area contributed by atoms with Crippen LogP contribution in [0, 0.1) is 6.92 Å². The van der Waals surface area contributed by atoms with Crippen LogP contribution in [0.4, 0.5) is 10.9 Å². The molecule has 8 heteroatoms. The fourth-order valence-corrected chi connectivity index (χ4v) is 2.26. The van der Waals surface area contributed by atoms with Gasteiger partial charge in [0.05, 0.1) is 11.1 Å².